The topological polar surface area (TPSA) is 67.9 Å². The number of nitrogens with one attached hydrogen (secondary N) is 1. The molecule has 0 bridgehead atoms. The van der Waals surface area contributed by atoms with E-state index in [0.717, 1.165) is 12.1 Å². The van der Waals surface area contributed by atoms with E-state index >= 15 is 0 Å². The Morgan fingerprint density at radius 3 is 2.19 bits per heavy atom. The number of carbonyl (C=O) groups excluding carboxylic acids is 2. The molecule has 162 valence electrons. The number of hydrogen-bond acceptors (Lipinski definition) is 5. The van der Waals surface area contributed by atoms with Gasteiger partial charge in [-0.05, 0) is 42.0 Å². The third-order valence-corrected chi connectivity index (χ3v) is 4.95. The molecular weight excluding hydrogens is 418 g/mol. The summed E-state index contributed by atoms with van der Waals surface area (Å²) in [6, 6.07) is 16.0. The van der Waals surface area contributed by atoms with Crippen LogP contribution in [0.25, 0.3) is 5.57 Å². The largest absolute Gasteiger partial charge is 0.497 e. The maximum absolute atomic E-state index is 14.5. The monoisotopic (exact) mass is 436 g/mol. The van der Waals surface area contributed by atoms with Gasteiger partial charge in [0.25, 0.3) is 11.8 Å². The van der Waals surface area contributed by atoms with Crippen LogP contribution in [0.15, 0.2) is 72.4 Å². The van der Waals surface area contributed by atoms with Crippen LogP contribution in [-0.4, -0.2) is 26.0 Å². The van der Waals surface area contributed by atoms with E-state index in [1.165, 1.54) is 14.2 Å². The first-order chi connectivity index (χ1) is 15.4. The van der Waals surface area contributed by atoms with Crippen LogP contribution in [0.2, 0.25) is 0 Å². The molecule has 0 atom stereocenters. The fraction of sp³-hybridized carbons (Fsp3) is 0.0833. The highest BCUT2D eigenvalue weighted by Crippen LogP contribution is 2.35. The summed E-state index contributed by atoms with van der Waals surface area (Å²) in [6.07, 6.45) is 0. The minimum atomic E-state index is -1.02. The van der Waals surface area contributed by atoms with Crippen LogP contribution >= 0.6 is 0 Å². The summed E-state index contributed by atoms with van der Waals surface area (Å²) in [5.41, 5.74) is 0.587. The zero-order valence-corrected chi connectivity index (χ0v) is 17.2. The highest BCUT2D eigenvalue weighted by molar-refractivity contribution is 6.46. The van der Waals surface area contributed by atoms with E-state index in [-0.39, 0.29) is 17.0 Å². The minimum Gasteiger partial charge on any atom is -0.497 e. The molecule has 1 aliphatic heterocycles. The Bertz CT molecular complexity index is 1240. The Kier molecular flexibility index (Phi) is 5.59. The zero-order chi connectivity index (χ0) is 22.8. The molecule has 1 aliphatic rings. The van der Waals surface area contributed by atoms with E-state index in [4.69, 9.17) is 9.47 Å². The van der Waals surface area contributed by atoms with Gasteiger partial charge in [0.05, 0.1) is 25.5 Å². The van der Waals surface area contributed by atoms with Crippen molar-refractivity contribution in [2.45, 2.75) is 0 Å². The third-order valence-electron chi connectivity index (χ3n) is 4.95. The van der Waals surface area contributed by atoms with E-state index in [1.54, 1.807) is 48.5 Å². The maximum atomic E-state index is 14.5. The lowest BCUT2D eigenvalue weighted by Crippen LogP contribution is -2.33. The number of imide groups is 1. The van der Waals surface area contributed by atoms with Crippen LogP contribution in [0, 0.1) is 11.6 Å². The van der Waals surface area contributed by atoms with E-state index < -0.39 is 23.4 Å². The van der Waals surface area contributed by atoms with Crippen LogP contribution in [0.3, 0.4) is 0 Å². The van der Waals surface area contributed by atoms with Crippen molar-refractivity contribution >= 4 is 28.8 Å². The normalized spacial score (nSPS) is 13.6. The summed E-state index contributed by atoms with van der Waals surface area (Å²) in [6.45, 7) is 0. The number of ether oxygens (including phenoxy) is 2. The van der Waals surface area contributed by atoms with Gasteiger partial charge in [-0.2, -0.15) is 0 Å². The molecule has 32 heavy (non-hydrogen) atoms. The summed E-state index contributed by atoms with van der Waals surface area (Å²) in [5.74, 6) is -2.24. The lowest BCUT2D eigenvalue weighted by atomic mass is 10.0. The standard InChI is InChI=1S/C24H18F2N2O4/c1-31-17-9-6-14(7-10-17)21-22(27-16-4-3-5-18(13-16)32-2)24(30)28(23(21)29)20-11-8-15(25)12-19(20)26/h3-13,27H,1-2H3. The Hall–Kier alpha value is -4.20. The van der Waals surface area contributed by atoms with Crippen molar-refractivity contribution in [2.75, 3.05) is 24.4 Å². The number of carbonyl (C=O) groups is 2. The van der Waals surface area contributed by atoms with E-state index in [0.29, 0.717) is 33.7 Å². The van der Waals surface area contributed by atoms with Gasteiger partial charge in [-0.15, -0.1) is 0 Å². The molecule has 1 heterocycles. The van der Waals surface area contributed by atoms with Gasteiger partial charge in [-0.25, -0.2) is 13.7 Å². The molecule has 6 nitrogen and oxygen atoms in total. The molecule has 0 radical (unpaired) electrons. The fourth-order valence-corrected chi connectivity index (χ4v) is 3.40. The average molecular weight is 436 g/mol. The van der Waals surface area contributed by atoms with Crippen LogP contribution in [-0.2, 0) is 9.59 Å². The first-order valence-corrected chi connectivity index (χ1v) is 9.56. The molecule has 0 spiro atoms. The number of anilines is 2. The van der Waals surface area contributed by atoms with Gasteiger partial charge >= 0.3 is 0 Å². The highest BCUT2D eigenvalue weighted by atomic mass is 19.1. The summed E-state index contributed by atoms with van der Waals surface area (Å²) < 4.78 is 38.2. The molecule has 8 heteroatoms. The summed E-state index contributed by atoms with van der Waals surface area (Å²) in [7, 11) is 3.01. The zero-order valence-electron chi connectivity index (χ0n) is 17.2. The second-order valence-corrected chi connectivity index (χ2v) is 6.88. The quantitative estimate of drug-likeness (QED) is 0.581. The SMILES string of the molecule is COc1ccc(C2=C(Nc3cccc(OC)c3)C(=O)N(c3ccc(F)cc3F)C2=O)cc1. The lowest BCUT2D eigenvalue weighted by molar-refractivity contribution is -0.120. The molecule has 0 fully saturated rings. The number of rotatable bonds is 6. The van der Waals surface area contributed by atoms with E-state index in [9.17, 15) is 18.4 Å². The second-order valence-electron chi connectivity index (χ2n) is 6.88. The molecule has 2 amide bonds. The first-order valence-electron chi connectivity index (χ1n) is 9.56. The summed E-state index contributed by atoms with van der Waals surface area (Å²) in [4.78, 5) is 27.3. The van der Waals surface area contributed by atoms with Gasteiger partial charge in [0.15, 0.2) is 0 Å². The lowest BCUT2D eigenvalue weighted by Gasteiger charge is -2.16. The third kappa shape index (κ3) is 3.78. The predicted octanol–water partition coefficient (Wildman–Crippen LogP) is 4.38. The van der Waals surface area contributed by atoms with E-state index in [2.05, 4.69) is 5.32 Å². The Labute approximate surface area is 182 Å². The van der Waals surface area contributed by atoms with Gasteiger partial charge < -0.3 is 14.8 Å². The number of nitrogens with zero attached hydrogens (tertiary/aromatic N) is 1. The van der Waals surface area contributed by atoms with Gasteiger partial charge in [0.1, 0.15) is 28.8 Å². The Morgan fingerprint density at radius 1 is 0.812 bits per heavy atom. The molecule has 0 aliphatic carbocycles. The molecule has 3 aromatic carbocycles. The number of methoxy groups -OCH3 is 2. The van der Waals surface area contributed by atoms with Crippen molar-refractivity contribution in [1.82, 2.24) is 0 Å². The average Bonchev–Trinajstić information content (AvgIpc) is 3.03. The van der Waals surface area contributed by atoms with Crippen LogP contribution in [0.5, 0.6) is 11.5 Å². The van der Waals surface area contributed by atoms with Gasteiger partial charge in [-0.3, -0.25) is 9.59 Å². The van der Waals surface area contributed by atoms with Crippen molar-refractivity contribution in [2.24, 2.45) is 0 Å². The number of halogens is 2. The van der Waals surface area contributed by atoms with Crippen molar-refractivity contribution in [3.63, 3.8) is 0 Å². The van der Waals surface area contributed by atoms with Crippen LogP contribution < -0.4 is 19.7 Å². The van der Waals surface area contributed by atoms with Crippen molar-refractivity contribution < 1.29 is 27.8 Å². The highest BCUT2D eigenvalue weighted by Gasteiger charge is 2.41. The molecule has 3 aromatic rings. The van der Waals surface area contributed by atoms with Crippen LogP contribution in [0.4, 0.5) is 20.2 Å². The van der Waals surface area contributed by atoms with E-state index in [1.807, 2.05) is 0 Å². The first kappa shape index (κ1) is 21.0. The predicted molar refractivity (Wildman–Crippen MR) is 115 cm³/mol. The van der Waals surface area contributed by atoms with Crippen molar-refractivity contribution in [3.05, 3.63) is 89.6 Å². The number of benzene rings is 3. The summed E-state index contributed by atoms with van der Waals surface area (Å²) in [5, 5.41) is 2.96. The fourth-order valence-electron chi connectivity index (χ4n) is 3.40. The second kappa shape index (κ2) is 8.50. The number of amides is 2. The Morgan fingerprint density at radius 2 is 1.53 bits per heavy atom. The van der Waals surface area contributed by atoms with Gasteiger partial charge in [0, 0.05) is 17.8 Å². The Balaban J connectivity index is 1.83. The molecule has 0 aromatic heterocycles. The molecule has 0 unspecified atom stereocenters. The van der Waals surface area contributed by atoms with Crippen molar-refractivity contribution in [1.29, 1.82) is 0 Å². The van der Waals surface area contributed by atoms with Gasteiger partial charge in [-0.1, -0.05) is 18.2 Å². The smallest absolute Gasteiger partial charge is 0.282 e. The summed E-state index contributed by atoms with van der Waals surface area (Å²) >= 11 is 0. The van der Waals surface area contributed by atoms with Crippen LogP contribution in [0.1, 0.15) is 5.56 Å². The minimum absolute atomic E-state index is 0.0443. The molecule has 1 N–H and O–H groups in total. The molecule has 0 saturated heterocycles. The molecular formula is C24H18F2N2O4. The number of hydrogen-bond donors (Lipinski definition) is 1. The maximum Gasteiger partial charge on any atom is 0.282 e. The van der Waals surface area contributed by atoms with Crippen molar-refractivity contribution in [3.8, 4) is 11.5 Å². The molecule has 0 saturated carbocycles. The van der Waals surface area contributed by atoms with Gasteiger partial charge in [0.2, 0.25) is 0 Å². The molecule has 4 rings (SSSR count).